The molecular formula is C16H23ClN2O. The van der Waals surface area contributed by atoms with Crippen LogP contribution in [0.3, 0.4) is 0 Å². The molecule has 4 heteroatoms. The molecule has 0 spiro atoms. The second kappa shape index (κ2) is 6.98. The van der Waals surface area contributed by atoms with Gasteiger partial charge in [0.25, 0.3) is 0 Å². The molecule has 0 radical (unpaired) electrons. The van der Waals surface area contributed by atoms with E-state index in [1.54, 1.807) is 0 Å². The van der Waals surface area contributed by atoms with Gasteiger partial charge in [-0.05, 0) is 31.0 Å². The van der Waals surface area contributed by atoms with Crippen molar-refractivity contribution in [1.82, 2.24) is 4.90 Å². The largest absolute Gasteiger partial charge is 0.368 e. The molecule has 1 aliphatic rings. The summed E-state index contributed by atoms with van der Waals surface area (Å²) in [7, 11) is 0. The molecule has 20 heavy (non-hydrogen) atoms. The van der Waals surface area contributed by atoms with E-state index in [-0.39, 0.29) is 0 Å². The van der Waals surface area contributed by atoms with E-state index in [1.165, 1.54) is 5.69 Å². The molecule has 1 saturated heterocycles. The van der Waals surface area contributed by atoms with Crippen molar-refractivity contribution in [3.63, 3.8) is 0 Å². The van der Waals surface area contributed by atoms with Crippen LogP contribution in [0.5, 0.6) is 0 Å². The molecule has 0 N–H and O–H groups in total. The number of anilines is 1. The minimum atomic E-state index is 0.300. The minimum absolute atomic E-state index is 0.300. The van der Waals surface area contributed by atoms with E-state index < -0.39 is 0 Å². The lowest BCUT2D eigenvalue weighted by atomic mass is 10.1. The summed E-state index contributed by atoms with van der Waals surface area (Å²) in [6, 6.07) is 6.02. The van der Waals surface area contributed by atoms with E-state index >= 15 is 0 Å². The Morgan fingerprint density at radius 3 is 2.60 bits per heavy atom. The molecule has 0 saturated carbocycles. The molecule has 0 aromatic heterocycles. The van der Waals surface area contributed by atoms with Gasteiger partial charge >= 0.3 is 0 Å². The normalized spacial score (nSPS) is 15.6. The van der Waals surface area contributed by atoms with E-state index in [4.69, 9.17) is 11.6 Å². The van der Waals surface area contributed by atoms with Crippen LogP contribution in [0.2, 0.25) is 5.02 Å². The number of nitrogens with zero attached hydrogens (tertiary/aromatic N) is 2. The second-order valence-corrected chi connectivity index (χ2v) is 5.76. The van der Waals surface area contributed by atoms with Gasteiger partial charge in [0.2, 0.25) is 5.91 Å². The lowest BCUT2D eigenvalue weighted by molar-refractivity contribution is -0.131. The molecular weight excluding hydrogens is 272 g/mol. The Bertz CT molecular complexity index is 468. The smallest absolute Gasteiger partial charge is 0.222 e. The van der Waals surface area contributed by atoms with Gasteiger partial charge in [0, 0.05) is 43.3 Å². The second-order valence-electron chi connectivity index (χ2n) is 5.36. The SMILES string of the molecule is CCCCC(=O)N1CCN(c2cccc(Cl)c2C)CC1. The third kappa shape index (κ3) is 3.45. The molecule has 1 heterocycles. The van der Waals surface area contributed by atoms with Crippen molar-refractivity contribution in [2.24, 2.45) is 0 Å². The Morgan fingerprint density at radius 1 is 1.25 bits per heavy atom. The molecule has 1 aromatic carbocycles. The standard InChI is InChI=1S/C16H23ClN2O/c1-3-4-8-16(20)19-11-9-18(10-12-19)15-7-5-6-14(17)13(15)2/h5-7H,3-4,8-12H2,1-2H3. The molecule has 0 bridgehead atoms. The van der Waals surface area contributed by atoms with E-state index in [2.05, 4.69) is 24.8 Å². The fourth-order valence-corrected chi connectivity index (χ4v) is 2.79. The van der Waals surface area contributed by atoms with Crippen molar-refractivity contribution in [3.05, 3.63) is 28.8 Å². The molecule has 1 aromatic rings. The molecule has 0 atom stereocenters. The molecule has 2 rings (SSSR count). The third-order valence-corrected chi connectivity index (χ3v) is 4.37. The summed E-state index contributed by atoms with van der Waals surface area (Å²) < 4.78 is 0. The van der Waals surface area contributed by atoms with E-state index in [1.807, 2.05) is 17.0 Å². The van der Waals surface area contributed by atoms with Gasteiger partial charge in [-0.25, -0.2) is 0 Å². The number of halogens is 1. The molecule has 3 nitrogen and oxygen atoms in total. The van der Waals surface area contributed by atoms with Crippen LogP contribution < -0.4 is 4.90 Å². The Labute approximate surface area is 126 Å². The van der Waals surface area contributed by atoms with Crippen LogP contribution in [0.15, 0.2) is 18.2 Å². The third-order valence-electron chi connectivity index (χ3n) is 3.96. The molecule has 1 fully saturated rings. The first kappa shape index (κ1) is 15.2. The predicted molar refractivity (Wildman–Crippen MR) is 84.5 cm³/mol. The van der Waals surface area contributed by atoms with Crippen LogP contribution in [0, 0.1) is 6.92 Å². The zero-order valence-corrected chi connectivity index (χ0v) is 13.1. The summed E-state index contributed by atoms with van der Waals surface area (Å²) in [5.74, 6) is 0.300. The van der Waals surface area contributed by atoms with Gasteiger partial charge in [-0.15, -0.1) is 0 Å². The minimum Gasteiger partial charge on any atom is -0.368 e. The summed E-state index contributed by atoms with van der Waals surface area (Å²) in [4.78, 5) is 16.3. The maximum Gasteiger partial charge on any atom is 0.222 e. The van der Waals surface area contributed by atoms with Crippen LogP contribution in [0.1, 0.15) is 31.7 Å². The fraction of sp³-hybridized carbons (Fsp3) is 0.562. The zero-order valence-electron chi connectivity index (χ0n) is 12.4. The Balaban J connectivity index is 1.94. The van der Waals surface area contributed by atoms with Crippen molar-refractivity contribution in [3.8, 4) is 0 Å². The van der Waals surface area contributed by atoms with E-state index in [9.17, 15) is 4.79 Å². The summed E-state index contributed by atoms with van der Waals surface area (Å²) >= 11 is 6.18. The van der Waals surface area contributed by atoms with Crippen molar-refractivity contribution in [1.29, 1.82) is 0 Å². The predicted octanol–water partition coefficient (Wildman–Crippen LogP) is 3.49. The highest BCUT2D eigenvalue weighted by atomic mass is 35.5. The summed E-state index contributed by atoms with van der Waals surface area (Å²) in [6.07, 6.45) is 2.76. The number of unbranched alkanes of at least 4 members (excludes halogenated alkanes) is 1. The lowest BCUT2D eigenvalue weighted by Crippen LogP contribution is -2.48. The van der Waals surface area contributed by atoms with Crippen molar-refractivity contribution >= 4 is 23.2 Å². The maximum atomic E-state index is 12.0. The van der Waals surface area contributed by atoms with Crippen molar-refractivity contribution in [2.75, 3.05) is 31.1 Å². The number of carbonyl (C=O) groups excluding carboxylic acids is 1. The van der Waals surface area contributed by atoms with Gasteiger partial charge in [0.15, 0.2) is 0 Å². The monoisotopic (exact) mass is 294 g/mol. The van der Waals surface area contributed by atoms with E-state index in [0.29, 0.717) is 12.3 Å². The number of carbonyl (C=O) groups is 1. The number of hydrogen-bond acceptors (Lipinski definition) is 2. The number of rotatable bonds is 4. The van der Waals surface area contributed by atoms with Crippen LogP contribution >= 0.6 is 11.6 Å². The first-order valence-electron chi connectivity index (χ1n) is 7.41. The van der Waals surface area contributed by atoms with Crippen LogP contribution in [-0.4, -0.2) is 37.0 Å². The van der Waals surface area contributed by atoms with Crippen LogP contribution in [0.25, 0.3) is 0 Å². The number of hydrogen-bond donors (Lipinski definition) is 0. The van der Waals surface area contributed by atoms with Gasteiger partial charge in [-0.2, -0.15) is 0 Å². The summed E-state index contributed by atoms with van der Waals surface area (Å²) in [5, 5.41) is 0.809. The van der Waals surface area contributed by atoms with Crippen LogP contribution in [0.4, 0.5) is 5.69 Å². The van der Waals surface area contributed by atoms with E-state index in [0.717, 1.165) is 49.6 Å². The lowest BCUT2D eigenvalue weighted by Gasteiger charge is -2.37. The van der Waals surface area contributed by atoms with Gasteiger partial charge in [-0.3, -0.25) is 4.79 Å². The van der Waals surface area contributed by atoms with Gasteiger partial charge in [0.1, 0.15) is 0 Å². The maximum absolute atomic E-state index is 12.0. The molecule has 0 unspecified atom stereocenters. The number of benzene rings is 1. The molecule has 0 aliphatic carbocycles. The van der Waals surface area contributed by atoms with Gasteiger partial charge < -0.3 is 9.80 Å². The Kier molecular flexibility index (Phi) is 5.30. The summed E-state index contributed by atoms with van der Waals surface area (Å²) in [6.45, 7) is 7.57. The topological polar surface area (TPSA) is 23.6 Å². The molecule has 1 aliphatic heterocycles. The molecule has 1 amide bonds. The van der Waals surface area contributed by atoms with Crippen molar-refractivity contribution < 1.29 is 4.79 Å². The highest BCUT2D eigenvalue weighted by Crippen LogP contribution is 2.27. The average molecular weight is 295 g/mol. The quantitative estimate of drug-likeness (QED) is 0.849. The van der Waals surface area contributed by atoms with Gasteiger partial charge in [0.05, 0.1) is 0 Å². The first-order chi connectivity index (χ1) is 9.63. The molecule has 110 valence electrons. The van der Waals surface area contributed by atoms with Gasteiger partial charge in [-0.1, -0.05) is 31.0 Å². The first-order valence-corrected chi connectivity index (χ1v) is 7.79. The van der Waals surface area contributed by atoms with Crippen molar-refractivity contribution in [2.45, 2.75) is 33.1 Å². The zero-order chi connectivity index (χ0) is 14.5. The number of amides is 1. The highest BCUT2D eigenvalue weighted by molar-refractivity contribution is 6.31. The summed E-state index contributed by atoms with van der Waals surface area (Å²) in [5.41, 5.74) is 2.32. The van der Waals surface area contributed by atoms with Crippen LogP contribution in [-0.2, 0) is 4.79 Å². The fourth-order valence-electron chi connectivity index (χ4n) is 2.62. The Morgan fingerprint density at radius 2 is 1.95 bits per heavy atom. The average Bonchev–Trinajstić information content (AvgIpc) is 2.48. The number of piperazine rings is 1. The highest BCUT2D eigenvalue weighted by Gasteiger charge is 2.21. The Hall–Kier alpha value is -1.22.